The highest BCUT2D eigenvalue weighted by Gasteiger charge is 2.10. The van der Waals surface area contributed by atoms with Gasteiger partial charge in [0.05, 0.1) is 0 Å². The highest BCUT2D eigenvalue weighted by molar-refractivity contribution is 5.73. The first kappa shape index (κ1) is 17.2. The Morgan fingerprint density at radius 3 is 1.83 bits per heavy atom. The molecule has 0 aromatic heterocycles. The van der Waals surface area contributed by atoms with Gasteiger partial charge in [0.15, 0.2) is 0 Å². The van der Waals surface area contributed by atoms with Gasteiger partial charge in [-0.3, -0.25) is 5.43 Å². The quantitative estimate of drug-likeness (QED) is 0.230. The van der Waals surface area contributed by atoms with Crippen LogP contribution in [-0.4, -0.2) is 12.1 Å². The van der Waals surface area contributed by atoms with Crippen LogP contribution in [0.15, 0.2) is 0 Å². The lowest BCUT2D eigenvalue weighted by molar-refractivity contribution is 0.235. The zero-order valence-electron chi connectivity index (χ0n) is 12.1. The van der Waals surface area contributed by atoms with Crippen LogP contribution in [0.2, 0.25) is 0 Å². The lowest BCUT2D eigenvalue weighted by atomic mass is 10.0. The average molecular weight is 257 g/mol. The Morgan fingerprint density at radius 1 is 0.944 bits per heavy atom. The van der Waals surface area contributed by atoms with Gasteiger partial charge in [0.1, 0.15) is 0 Å². The molecule has 0 heterocycles. The number of unbranched alkanes of at least 4 members (excludes halogenated alkanes) is 6. The molecule has 4 N–H and O–H groups in total. The van der Waals surface area contributed by atoms with Crippen LogP contribution in [0.4, 0.5) is 4.79 Å². The fourth-order valence-corrected chi connectivity index (χ4v) is 2.15. The predicted octanol–water partition coefficient (Wildman–Crippen LogP) is 3.47. The minimum absolute atomic E-state index is 0.258. The van der Waals surface area contributed by atoms with Crippen molar-refractivity contribution in [1.82, 2.24) is 10.7 Å². The molecule has 0 rings (SSSR count). The van der Waals surface area contributed by atoms with Crippen molar-refractivity contribution in [3.05, 3.63) is 0 Å². The zero-order chi connectivity index (χ0) is 13.6. The van der Waals surface area contributed by atoms with Crippen LogP contribution < -0.4 is 16.6 Å². The van der Waals surface area contributed by atoms with Crippen LogP contribution in [0.1, 0.15) is 78.1 Å². The van der Waals surface area contributed by atoms with Gasteiger partial charge < -0.3 is 5.32 Å². The Morgan fingerprint density at radius 2 is 1.44 bits per heavy atom. The Hall–Kier alpha value is -0.770. The van der Waals surface area contributed by atoms with E-state index in [4.69, 9.17) is 5.84 Å². The van der Waals surface area contributed by atoms with E-state index in [0.717, 1.165) is 12.8 Å². The third-order valence-corrected chi connectivity index (χ3v) is 3.28. The summed E-state index contributed by atoms with van der Waals surface area (Å²) < 4.78 is 0. The van der Waals surface area contributed by atoms with Crippen LogP contribution >= 0.6 is 0 Å². The first-order chi connectivity index (χ1) is 8.74. The third-order valence-electron chi connectivity index (χ3n) is 3.28. The fourth-order valence-electron chi connectivity index (χ4n) is 2.15. The van der Waals surface area contributed by atoms with E-state index in [1.807, 2.05) is 0 Å². The molecular weight excluding hydrogens is 226 g/mol. The van der Waals surface area contributed by atoms with Crippen molar-refractivity contribution in [3.63, 3.8) is 0 Å². The minimum atomic E-state index is -0.258. The van der Waals surface area contributed by atoms with Gasteiger partial charge in [-0.05, 0) is 12.8 Å². The molecule has 4 nitrogen and oxygen atoms in total. The molecule has 0 aliphatic rings. The first-order valence-corrected chi connectivity index (χ1v) is 7.51. The van der Waals surface area contributed by atoms with E-state index in [9.17, 15) is 4.79 Å². The maximum atomic E-state index is 11.3. The molecule has 18 heavy (non-hydrogen) atoms. The van der Waals surface area contributed by atoms with Gasteiger partial charge >= 0.3 is 6.03 Å². The molecule has 0 aliphatic carbocycles. The largest absolute Gasteiger partial charge is 0.334 e. The van der Waals surface area contributed by atoms with Gasteiger partial charge in [0, 0.05) is 6.04 Å². The summed E-state index contributed by atoms with van der Waals surface area (Å²) >= 11 is 0. The molecule has 0 aromatic carbocycles. The van der Waals surface area contributed by atoms with Crippen molar-refractivity contribution in [1.29, 1.82) is 0 Å². The molecule has 2 amide bonds. The van der Waals surface area contributed by atoms with Crippen LogP contribution in [-0.2, 0) is 0 Å². The summed E-state index contributed by atoms with van der Waals surface area (Å²) in [5, 5.41) is 2.95. The maximum absolute atomic E-state index is 11.3. The molecule has 108 valence electrons. The van der Waals surface area contributed by atoms with Gasteiger partial charge in [-0.25, -0.2) is 10.6 Å². The molecule has 4 heteroatoms. The van der Waals surface area contributed by atoms with E-state index in [1.54, 1.807) is 0 Å². The number of hydrogen-bond acceptors (Lipinski definition) is 2. The lowest BCUT2D eigenvalue weighted by Crippen LogP contribution is -2.45. The number of carbonyl (C=O) groups is 1. The summed E-state index contributed by atoms with van der Waals surface area (Å²) in [6, 6.07) is 0.0215. The van der Waals surface area contributed by atoms with Crippen LogP contribution in [0, 0.1) is 0 Å². The molecule has 0 unspecified atom stereocenters. The fraction of sp³-hybridized carbons (Fsp3) is 0.929. The number of nitrogens with two attached hydrogens (primary N) is 1. The summed E-state index contributed by atoms with van der Waals surface area (Å²) in [5.41, 5.74) is 2.15. The molecule has 0 spiro atoms. The number of amides is 2. The van der Waals surface area contributed by atoms with E-state index in [0.29, 0.717) is 0 Å². The molecule has 0 saturated heterocycles. The second-order valence-corrected chi connectivity index (χ2v) is 5.01. The standard InChI is InChI=1S/C14H31N3O/c1-3-5-7-9-11-13(16-14(18)17-15)12-10-8-6-4-2/h13H,3-12,15H2,1-2H3,(H2,16,17,18). The van der Waals surface area contributed by atoms with Crippen molar-refractivity contribution in [2.24, 2.45) is 5.84 Å². The smallest absolute Gasteiger partial charge is 0.329 e. The Labute approximate surface area is 112 Å². The van der Waals surface area contributed by atoms with Crippen molar-refractivity contribution in [2.75, 3.05) is 0 Å². The van der Waals surface area contributed by atoms with Crippen molar-refractivity contribution < 1.29 is 4.79 Å². The number of urea groups is 1. The maximum Gasteiger partial charge on any atom is 0.329 e. The van der Waals surface area contributed by atoms with Crippen LogP contribution in [0.5, 0.6) is 0 Å². The van der Waals surface area contributed by atoms with Gasteiger partial charge in [-0.2, -0.15) is 0 Å². The zero-order valence-corrected chi connectivity index (χ0v) is 12.1. The van der Waals surface area contributed by atoms with Gasteiger partial charge in [0.2, 0.25) is 0 Å². The molecule has 0 atom stereocenters. The predicted molar refractivity (Wildman–Crippen MR) is 77.2 cm³/mol. The molecule has 0 aromatic rings. The molecule has 0 aliphatic heterocycles. The van der Waals surface area contributed by atoms with E-state index < -0.39 is 0 Å². The van der Waals surface area contributed by atoms with Gasteiger partial charge in [-0.15, -0.1) is 0 Å². The minimum Gasteiger partial charge on any atom is -0.334 e. The highest BCUT2D eigenvalue weighted by atomic mass is 16.2. The van der Waals surface area contributed by atoms with Crippen LogP contribution in [0.3, 0.4) is 0 Å². The van der Waals surface area contributed by atoms with Gasteiger partial charge in [-0.1, -0.05) is 65.2 Å². The molecule has 0 radical (unpaired) electrons. The summed E-state index contributed by atoms with van der Waals surface area (Å²) in [7, 11) is 0. The topological polar surface area (TPSA) is 67.2 Å². The second kappa shape index (κ2) is 12.7. The SMILES string of the molecule is CCCCCCC(CCCCCC)NC(=O)NN. The van der Waals surface area contributed by atoms with E-state index in [2.05, 4.69) is 24.6 Å². The Balaban J connectivity index is 3.80. The number of hydrazine groups is 1. The van der Waals surface area contributed by atoms with Crippen molar-refractivity contribution in [3.8, 4) is 0 Å². The number of nitrogens with one attached hydrogen (secondary N) is 2. The number of hydrogen-bond donors (Lipinski definition) is 3. The molecular formula is C14H31N3O. The first-order valence-electron chi connectivity index (χ1n) is 7.51. The van der Waals surface area contributed by atoms with Crippen molar-refractivity contribution in [2.45, 2.75) is 84.1 Å². The summed E-state index contributed by atoms with van der Waals surface area (Å²) in [6.07, 6.45) is 12.1. The summed E-state index contributed by atoms with van der Waals surface area (Å²) in [6.45, 7) is 4.42. The summed E-state index contributed by atoms with van der Waals surface area (Å²) in [4.78, 5) is 11.3. The van der Waals surface area contributed by atoms with E-state index in [-0.39, 0.29) is 12.1 Å². The molecule has 0 saturated carbocycles. The van der Waals surface area contributed by atoms with Gasteiger partial charge in [0.25, 0.3) is 0 Å². The Kier molecular flexibility index (Phi) is 12.1. The monoisotopic (exact) mass is 257 g/mol. The lowest BCUT2D eigenvalue weighted by Gasteiger charge is -2.18. The highest BCUT2D eigenvalue weighted by Crippen LogP contribution is 2.12. The van der Waals surface area contributed by atoms with Crippen molar-refractivity contribution >= 4 is 6.03 Å². The van der Waals surface area contributed by atoms with E-state index >= 15 is 0 Å². The summed E-state index contributed by atoms with van der Waals surface area (Å²) in [5.74, 6) is 5.11. The third kappa shape index (κ3) is 10.4. The molecule has 0 bridgehead atoms. The Bertz CT molecular complexity index is 185. The van der Waals surface area contributed by atoms with Crippen LogP contribution in [0.25, 0.3) is 0 Å². The van der Waals surface area contributed by atoms with E-state index in [1.165, 1.54) is 51.4 Å². The normalized spacial score (nSPS) is 10.7. The average Bonchev–Trinajstić information content (AvgIpc) is 2.39. The molecule has 0 fully saturated rings. The number of carbonyl (C=O) groups excluding carboxylic acids is 1. The second-order valence-electron chi connectivity index (χ2n) is 5.01. The number of rotatable bonds is 11.